The predicted molar refractivity (Wildman–Crippen MR) is 105 cm³/mol. The fourth-order valence-electron chi connectivity index (χ4n) is 3.98. The zero-order valence-corrected chi connectivity index (χ0v) is 16.3. The van der Waals surface area contributed by atoms with Crippen LogP contribution in [-0.4, -0.2) is 22.8 Å². The molecule has 0 aliphatic carbocycles. The van der Waals surface area contributed by atoms with Crippen molar-refractivity contribution in [3.63, 3.8) is 0 Å². The van der Waals surface area contributed by atoms with E-state index in [9.17, 15) is 4.79 Å². The average molecular weight is 361 g/mol. The Morgan fingerprint density at radius 1 is 0.926 bits per heavy atom. The van der Waals surface area contributed by atoms with Gasteiger partial charge in [0.15, 0.2) is 0 Å². The summed E-state index contributed by atoms with van der Waals surface area (Å²) in [6, 6.07) is 15.6. The minimum absolute atomic E-state index is 0.154. The van der Waals surface area contributed by atoms with Gasteiger partial charge in [0.1, 0.15) is 5.82 Å². The molecular weight excluding hydrogens is 338 g/mol. The molecule has 4 rings (SSSR count). The van der Waals surface area contributed by atoms with E-state index in [0.29, 0.717) is 0 Å². The lowest BCUT2D eigenvalue weighted by atomic mass is 10.0. The standard InChI is InChI=1S/C22H23N3O2/c1-14-10-9-11-15(2)19(14)24-20-16(3)17(4)23-25(20)22(27-5,21(24)26)18-12-7-6-8-13-18/h6-13H,1-5H3. The van der Waals surface area contributed by atoms with Gasteiger partial charge < -0.3 is 4.74 Å². The molecule has 1 aliphatic rings. The van der Waals surface area contributed by atoms with Gasteiger partial charge in [-0.2, -0.15) is 5.10 Å². The van der Waals surface area contributed by atoms with Crippen molar-refractivity contribution < 1.29 is 9.53 Å². The topological polar surface area (TPSA) is 47.4 Å². The molecule has 0 radical (unpaired) electrons. The summed E-state index contributed by atoms with van der Waals surface area (Å²) in [5.41, 5.74) is 4.26. The van der Waals surface area contributed by atoms with Crippen LogP contribution < -0.4 is 4.90 Å². The third-order valence-corrected chi connectivity index (χ3v) is 5.46. The molecule has 2 aromatic carbocycles. The first-order valence-corrected chi connectivity index (χ1v) is 9.01. The van der Waals surface area contributed by atoms with Crippen molar-refractivity contribution in [2.75, 3.05) is 12.0 Å². The summed E-state index contributed by atoms with van der Waals surface area (Å²) in [5.74, 6) is 0.611. The minimum atomic E-state index is -1.32. The fourth-order valence-corrected chi connectivity index (χ4v) is 3.98. The van der Waals surface area contributed by atoms with E-state index in [2.05, 4.69) is 0 Å². The number of hydrogen-bond donors (Lipinski definition) is 0. The molecule has 1 atom stereocenters. The van der Waals surface area contributed by atoms with E-state index in [1.165, 1.54) is 0 Å². The summed E-state index contributed by atoms with van der Waals surface area (Å²) in [6.45, 7) is 8.00. The molecule has 0 saturated heterocycles. The van der Waals surface area contributed by atoms with E-state index in [4.69, 9.17) is 9.84 Å². The number of aryl methyl sites for hydroxylation is 3. The number of nitrogens with zero attached hydrogens (tertiary/aromatic N) is 3. The van der Waals surface area contributed by atoms with Crippen molar-refractivity contribution in [1.29, 1.82) is 0 Å². The Morgan fingerprint density at radius 3 is 2.15 bits per heavy atom. The molecule has 1 unspecified atom stereocenters. The lowest BCUT2D eigenvalue weighted by Crippen LogP contribution is -2.45. The maximum absolute atomic E-state index is 13.9. The van der Waals surface area contributed by atoms with Gasteiger partial charge in [-0.25, -0.2) is 4.68 Å². The van der Waals surface area contributed by atoms with E-state index in [1.54, 1.807) is 16.7 Å². The Balaban J connectivity index is 2.07. The number of carbonyl (C=O) groups excluding carboxylic acids is 1. The normalized spacial score (nSPS) is 18.9. The smallest absolute Gasteiger partial charge is 0.293 e. The average Bonchev–Trinajstić information content (AvgIpc) is 3.08. The molecule has 1 amide bonds. The highest BCUT2D eigenvalue weighted by molar-refractivity contribution is 6.10. The van der Waals surface area contributed by atoms with Gasteiger partial charge in [-0.1, -0.05) is 48.5 Å². The molecule has 138 valence electrons. The molecule has 0 N–H and O–H groups in total. The molecule has 0 bridgehead atoms. The van der Waals surface area contributed by atoms with Gasteiger partial charge in [0.2, 0.25) is 0 Å². The second-order valence-corrected chi connectivity index (χ2v) is 7.04. The lowest BCUT2D eigenvalue weighted by Gasteiger charge is -2.28. The van der Waals surface area contributed by atoms with Crippen LogP contribution >= 0.6 is 0 Å². The van der Waals surface area contributed by atoms with Gasteiger partial charge in [0.05, 0.1) is 11.4 Å². The fraction of sp³-hybridized carbons (Fsp3) is 0.273. The monoisotopic (exact) mass is 361 g/mol. The van der Waals surface area contributed by atoms with Crippen LogP contribution in [0.1, 0.15) is 27.9 Å². The quantitative estimate of drug-likeness (QED) is 0.704. The summed E-state index contributed by atoms with van der Waals surface area (Å²) in [6.07, 6.45) is 0. The highest BCUT2D eigenvalue weighted by Crippen LogP contribution is 2.47. The highest BCUT2D eigenvalue weighted by atomic mass is 16.5. The summed E-state index contributed by atoms with van der Waals surface area (Å²) >= 11 is 0. The highest BCUT2D eigenvalue weighted by Gasteiger charge is 2.56. The van der Waals surface area contributed by atoms with Crippen molar-refractivity contribution >= 4 is 17.4 Å². The third-order valence-electron chi connectivity index (χ3n) is 5.46. The van der Waals surface area contributed by atoms with Crippen LogP contribution in [0.25, 0.3) is 0 Å². The van der Waals surface area contributed by atoms with E-state index in [1.807, 2.05) is 76.2 Å². The maximum atomic E-state index is 13.9. The number of methoxy groups -OCH3 is 1. The SMILES string of the molecule is COC1(c2ccccc2)C(=O)N(c2c(C)cccc2C)c2c(C)c(C)nn21. The summed E-state index contributed by atoms with van der Waals surface area (Å²) < 4.78 is 7.67. The number of carbonyl (C=O) groups is 1. The van der Waals surface area contributed by atoms with E-state index >= 15 is 0 Å². The first-order chi connectivity index (χ1) is 12.9. The predicted octanol–water partition coefficient (Wildman–Crippen LogP) is 4.14. The van der Waals surface area contributed by atoms with Crippen molar-refractivity contribution in [2.24, 2.45) is 0 Å². The van der Waals surface area contributed by atoms with Crippen LogP contribution in [0.5, 0.6) is 0 Å². The van der Waals surface area contributed by atoms with Gasteiger partial charge in [-0.05, 0) is 38.8 Å². The van der Waals surface area contributed by atoms with Crippen LogP contribution in [0.15, 0.2) is 48.5 Å². The van der Waals surface area contributed by atoms with Crippen LogP contribution in [0.2, 0.25) is 0 Å². The van der Waals surface area contributed by atoms with Gasteiger partial charge in [-0.15, -0.1) is 0 Å². The number of para-hydroxylation sites is 1. The number of benzene rings is 2. The van der Waals surface area contributed by atoms with Crippen LogP contribution in [0, 0.1) is 27.7 Å². The van der Waals surface area contributed by atoms with Crippen molar-refractivity contribution in [3.05, 3.63) is 76.5 Å². The number of anilines is 2. The number of fused-ring (bicyclic) bond motifs is 1. The number of aromatic nitrogens is 2. The molecule has 0 fully saturated rings. The first-order valence-electron chi connectivity index (χ1n) is 9.01. The molecule has 5 nitrogen and oxygen atoms in total. The lowest BCUT2D eigenvalue weighted by molar-refractivity contribution is -0.143. The van der Waals surface area contributed by atoms with Gasteiger partial charge >= 0.3 is 0 Å². The minimum Gasteiger partial charge on any atom is -0.345 e. The number of amides is 1. The summed E-state index contributed by atoms with van der Waals surface area (Å²) in [7, 11) is 1.56. The summed E-state index contributed by atoms with van der Waals surface area (Å²) in [5, 5.41) is 4.71. The first kappa shape index (κ1) is 17.5. The second-order valence-electron chi connectivity index (χ2n) is 7.04. The Bertz CT molecular complexity index is 1020. The Morgan fingerprint density at radius 2 is 1.56 bits per heavy atom. The van der Waals surface area contributed by atoms with E-state index < -0.39 is 5.72 Å². The molecular formula is C22H23N3O2. The van der Waals surface area contributed by atoms with E-state index in [-0.39, 0.29) is 5.91 Å². The largest absolute Gasteiger partial charge is 0.345 e. The van der Waals surface area contributed by atoms with E-state index in [0.717, 1.165) is 39.5 Å². The van der Waals surface area contributed by atoms with Gasteiger partial charge in [0, 0.05) is 18.2 Å². The van der Waals surface area contributed by atoms with Crippen LogP contribution in [0.4, 0.5) is 11.5 Å². The Labute approximate surface area is 159 Å². The molecule has 27 heavy (non-hydrogen) atoms. The molecule has 5 heteroatoms. The Kier molecular flexibility index (Phi) is 3.93. The molecule has 2 heterocycles. The zero-order valence-electron chi connectivity index (χ0n) is 16.3. The van der Waals surface area contributed by atoms with Crippen molar-refractivity contribution in [1.82, 2.24) is 9.78 Å². The van der Waals surface area contributed by atoms with Gasteiger partial charge in [0.25, 0.3) is 11.6 Å². The number of hydrogen-bond acceptors (Lipinski definition) is 3. The second kappa shape index (κ2) is 6.06. The molecule has 0 spiro atoms. The number of ether oxygens (including phenoxy) is 1. The van der Waals surface area contributed by atoms with Crippen LogP contribution in [-0.2, 0) is 15.3 Å². The maximum Gasteiger partial charge on any atom is 0.293 e. The summed E-state index contributed by atoms with van der Waals surface area (Å²) in [4.78, 5) is 15.7. The molecule has 3 aromatic rings. The van der Waals surface area contributed by atoms with Crippen molar-refractivity contribution in [3.8, 4) is 0 Å². The van der Waals surface area contributed by atoms with Crippen molar-refractivity contribution in [2.45, 2.75) is 33.4 Å². The molecule has 1 aliphatic heterocycles. The zero-order chi connectivity index (χ0) is 19.3. The van der Waals surface area contributed by atoms with Gasteiger partial charge in [-0.3, -0.25) is 9.69 Å². The Hall–Kier alpha value is -2.92. The molecule has 1 aromatic heterocycles. The van der Waals surface area contributed by atoms with Crippen LogP contribution in [0.3, 0.4) is 0 Å². The molecule has 0 saturated carbocycles. The number of rotatable bonds is 3. The third kappa shape index (κ3) is 2.21.